The van der Waals surface area contributed by atoms with Gasteiger partial charge >= 0.3 is 0 Å². The molecule has 1 aliphatic carbocycles. The van der Waals surface area contributed by atoms with Crippen molar-refractivity contribution in [2.24, 2.45) is 0 Å². The van der Waals surface area contributed by atoms with Gasteiger partial charge in [0.25, 0.3) is 0 Å². The first kappa shape index (κ1) is 16.3. The Balaban J connectivity index is 1.52. The van der Waals surface area contributed by atoms with Gasteiger partial charge in [-0.25, -0.2) is 4.39 Å². The second kappa shape index (κ2) is 6.59. The van der Waals surface area contributed by atoms with E-state index in [9.17, 15) is 4.39 Å². The molecule has 0 amide bonds. The Hall–Kier alpha value is -2.22. The van der Waals surface area contributed by atoms with Gasteiger partial charge in [-0.3, -0.25) is 0 Å². The highest BCUT2D eigenvalue weighted by Crippen LogP contribution is 2.41. The van der Waals surface area contributed by atoms with Crippen molar-refractivity contribution in [1.82, 2.24) is 25.0 Å². The second-order valence-electron chi connectivity index (χ2n) is 6.07. The third kappa shape index (κ3) is 3.30. The van der Waals surface area contributed by atoms with Crippen LogP contribution in [0, 0.1) is 5.82 Å². The molecule has 0 unspecified atom stereocenters. The highest BCUT2D eigenvalue weighted by molar-refractivity contribution is 7.99. The number of thioether (sulfide) groups is 1. The minimum atomic E-state index is -0.294. The minimum Gasteiger partial charge on any atom is -0.419 e. The van der Waals surface area contributed by atoms with Gasteiger partial charge in [-0.05, 0) is 51.0 Å². The SMILES string of the molecule is CCn1c(S[C@@H](C)c2nnc(-c3ccc(F)cc3)o2)nnc1C1CC1. The van der Waals surface area contributed by atoms with E-state index in [4.69, 9.17) is 4.42 Å². The fraction of sp³-hybridized carbons (Fsp3) is 0.412. The Kier molecular flexibility index (Phi) is 4.29. The second-order valence-corrected chi connectivity index (χ2v) is 7.38. The number of nitrogens with zero attached hydrogens (tertiary/aromatic N) is 5. The lowest BCUT2D eigenvalue weighted by atomic mass is 10.2. The van der Waals surface area contributed by atoms with Crippen molar-refractivity contribution >= 4 is 11.8 Å². The van der Waals surface area contributed by atoms with Crippen LogP contribution in [0.4, 0.5) is 4.39 Å². The van der Waals surface area contributed by atoms with E-state index in [0.717, 1.165) is 17.5 Å². The van der Waals surface area contributed by atoms with Gasteiger partial charge in [0.2, 0.25) is 11.8 Å². The quantitative estimate of drug-likeness (QED) is 0.614. The van der Waals surface area contributed by atoms with E-state index in [2.05, 4.69) is 31.9 Å². The van der Waals surface area contributed by atoms with E-state index >= 15 is 0 Å². The summed E-state index contributed by atoms with van der Waals surface area (Å²) in [6.45, 7) is 4.94. The summed E-state index contributed by atoms with van der Waals surface area (Å²) >= 11 is 1.56. The van der Waals surface area contributed by atoms with Gasteiger partial charge in [0.05, 0.1) is 5.25 Å². The highest BCUT2D eigenvalue weighted by Gasteiger charge is 2.30. The molecule has 0 saturated heterocycles. The zero-order valence-electron chi connectivity index (χ0n) is 14.0. The van der Waals surface area contributed by atoms with Gasteiger partial charge in [0.1, 0.15) is 11.6 Å². The van der Waals surface area contributed by atoms with E-state index in [1.807, 2.05) is 6.92 Å². The third-order valence-corrected chi connectivity index (χ3v) is 5.23. The molecule has 6 nitrogen and oxygen atoms in total. The molecule has 2 heterocycles. The molecule has 1 atom stereocenters. The van der Waals surface area contributed by atoms with E-state index in [1.165, 1.54) is 25.0 Å². The molecule has 1 fully saturated rings. The third-order valence-electron chi connectivity index (χ3n) is 4.17. The summed E-state index contributed by atoms with van der Waals surface area (Å²) in [7, 11) is 0. The van der Waals surface area contributed by atoms with Gasteiger partial charge in [-0.15, -0.1) is 20.4 Å². The molecule has 3 aromatic rings. The lowest BCUT2D eigenvalue weighted by molar-refractivity contribution is 0.508. The summed E-state index contributed by atoms with van der Waals surface area (Å²) in [6.07, 6.45) is 2.39. The van der Waals surface area contributed by atoms with E-state index in [0.29, 0.717) is 23.3 Å². The Morgan fingerprint density at radius 1 is 1.20 bits per heavy atom. The molecule has 8 heteroatoms. The van der Waals surface area contributed by atoms with E-state index in [-0.39, 0.29) is 11.1 Å². The van der Waals surface area contributed by atoms with Crippen LogP contribution in [0.15, 0.2) is 33.8 Å². The van der Waals surface area contributed by atoms with E-state index < -0.39 is 0 Å². The van der Waals surface area contributed by atoms with Crippen molar-refractivity contribution in [3.05, 3.63) is 41.8 Å². The summed E-state index contributed by atoms with van der Waals surface area (Å²) in [4.78, 5) is 0. The van der Waals surface area contributed by atoms with Crippen LogP contribution in [0.2, 0.25) is 0 Å². The molecule has 0 bridgehead atoms. The van der Waals surface area contributed by atoms with Crippen molar-refractivity contribution < 1.29 is 8.81 Å². The lowest BCUT2D eigenvalue weighted by Crippen LogP contribution is -2.02. The molecule has 0 radical (unpaired) electrons. The summed E-state index contributed by atoms with van der Waals surface area (Å²) in [5, 5.41) is 17.7. The van der Waals surface area contributed by atoms with Crippen LogP contribution in [0.25, 0.3) is 11.5 Å². The largest absolute Gasteiger partial charge is 0.419 e. The molecule has 1 saturated carbocycles. The van der Waals surface area contributed by atoms with E-state index in [1.54, 1.807) is 23.9 Å². The van der Waals surface area contributed by atoms with Crippen LogP contribution in [0.3, 0.4) is 0 Å². The van der Waals surface area contributed by atoms with Crippen LogP contribution < -0.4 is 0 Å². The summed E-state index contributed by atoms with van der Waals surface area (Å²) in [5.41, 5.74) is 0.699. The standard InChI is InChI=1S/C17H18FN5OS/c1-3-23-14(11-4-5-11)19-22-17(23)25-10(2)15-20-21-16(24-15)12-6-8-13(18)9-7-12/h6-11H,3-5H2,1-2H3/t10-/m0/s1. The molecule has 2 aromatic heterocycles. The number of hydrogen-bond donors (Lipinski definition) is 0. The minimum absolute atomic E-state index is 0.0525. The van der Waals surface area contributed by atoms with Gasteiger partial charge in [0, 0.05) is 18.0 Å². The molecule has 4 rings (SSSR count). The van der Waals surface area contributed by atoms with Crippen LogP contribution in [-0.4, -0.2) is 25.0 Å². The maximum Gasteiger partial charge on any atom is 0.247 e. The predicted octanol–water partition coefficient (Wildman–Crippen LogP) is 4.22. The Labute approximate surface area is 148 Å². The Morgan fingerprint density at radius 2 is 1.96 bits per heavy atom. The van der Waals surface area contributed by atoms with Crippen LogP contribution in [-0.2, 0) is 6.54 Å². The zero-order valence-corrected chi connectivity index (χ0v) is 14.8. The fourth-order valence-electron chi connectivity index (χ4n) is 2.64. The first-order valence-electron chi connectivity index (χ1n) is 8.34. The van der Waals surface area contributed by atoms with Crippen LogP contribution in [0.1, 0.15) is 49.6 Å². The Bertz CT molecular complexity index is 872. The van der Waals surface area contributed by atoms with Crippen molar-refractivity contribution in [2.75, 3.05) is 0 Å². The van der Waals surface area contributed by atoms with Crippen LogP contribution in [0.5, 0.6) is 0 Å². The molecule has 1 aromatic carbocycles. The normalized spacial score (nSPS) is 15.5. The van der Waals surface area contributed by atoms with Gasteiger partial charge in [-0.2, -0.15) is 0 Å². The molecule has 0 N–H and O–H groups in total. The maximum atomic E-state index is 13.0. The predicted molar refractivity (Wildman–Crippen MR) is 91.6 cm³/mol. The summed E-state index contributed by atoms with van der Waals surface area (Å²) in [5.74, 6) is 2.25. The smallest absolute Gasteiger partial charge is 0.247 e. The van der Waals surface area contributed by atoms with Crippen LogP contribution >= 0.6 is 11.8 Å². The van der Waals surface area contributed by atoms with Crippen molar-refractivity contribution in [3.8, 4) is 11.5 Å². The van der Waals surface area contributed by atoms with Gasteiger partial charge in [0.15, 0.2) is 5.16 Å². The van der Waals surface area contributed by atoms with Crippen molar-refractivity contribution in [2.45, 2.75) is 49.6 Å². The first-order valence-corrected chi connectivity index (χ1v) is 9.22. The van der Waals surface area contributed by atoms with Gasteiger partial charge in [-0.1, -0.05) is 11.8 Å². The molecule has 0 aliphatic heterocycles. The number of rotatable bonds is 6. The zero-order chi connectivity index (χ0) is 17.4. The average Bonchev–Trinajstić information content (AvgIpc) is 3.19. The topological polar surface area (TPSA) is 69.6 Å². The first-order chi connectivity index (χ1) is 12.2. The molecule has 0 spiro atoms. The molecular formula is C17H18FN5OS. The lowest BCUT2D eigenvalue weighted by Gasteiger charge is -2.09. The maximum absolute atomic E-state index is 13.0. The molecule has 130 valence electrons. The fourth-order valence-corrected chi connectivity index (χ4v) is 3.59. The summed E-state index contributed by atoms with van der Waals surface area (Å²) in [6, 6.07) is 6.00. The molecule has 25 heavy (non-hydrogen) atoms. The number of aromatic nitrogens is 5. The number of halogens is 1. The molecule has 1 aliphatic rings. The highest BCUT2D eigenvalue weighted by atomic mass is 32.2. The monoisotopic (exact) mass is 359 g/mol. The number of hydrogen-bond acceptors (Lipinski definition) is 6. The van der Waals surface area contributed by atoms with Gasteiger partial charge < -0.3 is 8.98 Å². The Morgan fingerprint density at radius 3 is 2.64 bits per heavy atom. The van der Waals surface area contributed by atoms with Crippen molar-refractivity contribution in [1.29, 1.82) is 0 Å². The number of benzene rings is 1. The summed E-state index contributed by atoms with van der Waals surface area (Å²) < 4.78 is 21.0. The van der Waals surface area contributed by atoms with Crippen molar-refractivity contribution in [3.63, 3.8) is 0 Å². The average molecular weight is 359 g/mol. The molecular weight excluding hydrogens is 341 g/mol.